The van der Waals surface area contributed by atoms with Gasteiger partial charge in [-0.05, 0) is 57.7 Å². The minimum absolute atomic E-state index is 0.138. The van der Waals surface area contributed by atoms with Gasteiger partial charge in [0.05, 0.1) is 6.42 Å². The molecule has 1 unspecified atom stereocenters. The molecular weight excluding hydrogens is 288 g/mol. The normalized spacial score (nSPS) is 21.5. The Bertz CT molecular complexity index is 532. The topological polar surface area (TPSA) is 43.8 Å². The Hall–Kier alpha value is -1.55. The highest BCUT2D eigenvalue weighted by Crippen LogP contribution is 2.27. The molecule has 3 rings (SSSR count). The Balaban J connectivity index is 1.50. The molecule has 0 radical (unpaired) electrons. The molecule has 4 heteroatoms. The second-order valence-corrected chi connectivity index (χ2v) is 7.01. The van der Waals surface area contributed by atoms with Crippen molar-refractivity contribution in [3.05, 3.63) is 29.8 Å². The molecule has 0 bridgehead atoms. The quantitative estimate of drug-likeness (QED) is 0.929. The van der Waals surface area contributed by atoms with Gasteiger partial charge in [-0.15, -0.1) is 0 Å². The summed E-state index contributed by atoms with van der Waals surface area (Å²) in [6, 6.07) is 7.77. The summed E-state index contributed by atoms with van der Waals surface area (Å²) in [5.41, 5.74) is 0.727. The first-order chi connectivity index (χ1) is 11.1. The van der Waals surface area contributed by atoms with Crippen LogP contribution in [-0.4, -0.2) is 53.0 Å². The van der Waals surface area contributed by atoms with Crippen molar-refractivity contribution in [2.75, 3.05) is 26.2 Å². The minimum Gasteiger partial charge on any atom is -0.508 e. The van der Waals surface area contributed by atoms with Crippen LogP contribution in [0.1, 0.15) is 38.2 Å². The number of nitrogens with zero attached hydrogens (tertiary/aromatic N) is 2. The van der Waals surface area contributed by atoms with Crippen molar-refractivity contribution in [3.8, 4) is 5.75 Å². The number of aromatic hydroxyl groups is 1. The van der Waals surface area contributed by atoms with Gasteiger partial charge in [-0.25, -0.2) is 0 Å². The molecule has 1 aromatic carbocycles. The van der Waals surface area contributed by atoms with Crippen molar-refractivity contribution in [1.29, 1.82) is 0 Å². The van der Waals surface area contributed by atoms with E-state index in [-0.39, 0.29) is 11.7 Å². The number of carbonyl (C=O) groups excluding carboxylic acids is 1. The molecule has 1 atom stereocenters. The van der Waals surface area contributed by atoms with Gasteiger partial charge in [-0.2, -0.15) is 0 Å². The number of benzene rings is 1. The molecule has 2 fully saturated rings. The fraction of sp³-hybridized carbons (Fsp3) is 0.632. The predicted molar refractivity (Wildman–Crippen MR) is 91.4 cm³/mol. The summed E-state index contributed by atoms with van der Waals surface area (Å²) < 4.78 is 0. The highest BCUT2D eigenvalue weighted by Gasteiger charge is 2.30. The molecule has 4 nitrogen and oxygen atoms in total. The Labute approximate surface area is 139 Å². The van der Waals surface area contributed by atoms with Gasteiger partial charge in [0, 0.05) is 24.7 Å². The number of carbonyl (C=O) groups is 1. The van der Waals surface area contributed by atoms with Crippen LogP contribution in [0.3, 0.4) is 0 Å². The zero-order chi connectivity index (χ0) is 16.2. The second kappa shape index (κ2) is 7.35. The summed E-state index contributed by atoms with van der Waals surface area (Å²) >= 11 is 0. The Morgan fingerprint density at radius 2 is 1.83 bits per heavy atom. The molecule has 0 saturated carbocycles. The van der Waals surface area contributed by atoms with Gasteiger partial charge in [-0.3, -0.25) is 4.79 Å². The molecule has 1 amide bonds. The lowest BCUT2D eigenvalue weighted by Crippen LogP contribution is -2.45. The van der Waals surface area contributed by atoms with Crippen LogP contribution in [0.25, 0.3) is 0 Å². The van der Waals surface area contributed by atoms with Gasteiger partial charge in [0.25, 0.3) is 0 Å². The average molecular weight is 316 g/mol. The first-order valence-electron chi connectivity index (χ1n) is 8.94. The van der Waals surface area contributed by atoms with Crippen molar-refractivity contribution in [2.45, 2.75) is 45.1 Å². The highest BCUT2D eigenvalue weighted by molar-refractivity contribution is 5.79. The first-order valence-corrected chi connectivity index (χ1v) is 8.94. The number of hydrogen-bond acceptors (Lipinski definition) is 3. The standard InChI is InChI=1S/C19H28N2O2/c1-15(20-10-4-5-11-20)16-8-12-21(13-9-16)19(23)14-17-6-2-3-7-18(17)22/h2-3,6-7,15-16,22H,4-5,8-14H2,1H3. The number of hydrogen-bond donors (Lipinski definition) is 1. The lowest BCUT2D eigenvalue weighted by atomic mass is 9.89. The number of phenolic OH excluding ortho intramolecular Hbond substituents is 1. The fourth-order valence-corrected chi connectivity index (χ4v) is 4.01. The van der Waals surface area contributed by atoms with E-state index in [0.717, 1.165) is 31.5 Å². The lowest BCUT2D eigenvalue weighted by molar-refractivity contribution is -0.132. The van der Waals surface area contributed by atoms with Crippen molar-refractivity contribution >= 4 is 5.91 Å². The van der Waals surface area contributed by atoms with Crippen molar-refractivity contribution in [1.82, 2.24) is 9.80 Å². The summed E-state index contributed by atoms with van der Waals surface area (Å²) in [6.07, 6.45) is 5.18. The number of piperidine rings is 1. The van der Waals surface area contributed by atoms with E-state index in [9.17, 15) is 9.90 Å². The monoisotopic (exact) mass is 316 g/mol. The van der Waals surface area contributed by atoms with Gasteiger partial charge in [0.2, 0.25) is 5.91 Å². The highest BCUT2D eigenvalue weighted by atomic mass is 16.3. The second-order valence-electron chi connectivity index (χ2n) is 7.01. The third-order valence-electron chi connectivity index (χ3n) is 5.62. The van der Waals surface area contributed by atoms with E-state index in [1.165, 1.54) is 25.9 Å². The molecule has 0 aliphatic carbocycles. The third-order valence-corrected chi connectivity index (χ3v) is 5.62. The Morgan fingerprint density at radius 3 is 2.48 bits per heavy atom. The molecule has 2 aliphatic heterocycles. The first kappa shape index (κ1) is 16.3. The maximum absolute atomic E-state index is 12.5. The maximum Gasteiger partial charge on any atom is 0.227 e. The molecular formula is C19H28N2O2. The molecule has 2 heterocycles. The van der Waals surface area contributed by atoms with E-state index >= 15 is 0 Å². The third kappa shape index (κ3) is 3.86. The molecule has 2 saturated heterocycles. The van der Waals surface area contributed by atoms with Crippen molar-refractivity contribution < 1.29 is 9.90 Å². The lowest BCUT2D eigenvalue weighted by Gasteiger charge is -2.38. The zero-order valence-electron chi connectivity index (χ0n) is 14.1. The van der Waals surface area contributed by atoms with Gasteiger partial charge in [-0.1, -0.05) is 18.2 Å². The van der Waals surface area contributed by atoms with Gasteiger partial charge >= 0.3 is 0 Å². The summed E-state index contributed by atoms with van der Waals surface area (Å²) in [5.74, 6) is 1.07. The Morgan fingerprint density at radius 1 is 1.17 bits per heavy atom. The summed E-state index contributed by atoms with van der Waals surface area (Å²) in [7, 11) is 0. The van der Waals surface area contributed by atoms with Crippen LogP contribution in [-0.2, 0) is 11.2 Å². The number of rotatable bonds is 4. The molecule has 1 aromatic rings. The Kier molecular flexibility index (Phi) is 5.21. The van der Waals surface area contributed by atoms with Crippen molar-refractivity contribution in [3.63, 3.8) is 0 Å². The van der Waals surface area contributed by atoms with Crippen LogP contribution in [0.5, 0.6) is 5.75 Å². The van der Waals surface area contributed by atoms with E-state index in [0.29, 0.717) is 18.4 Å². The average Bonchev–Trinajstić information content (AvgIpc) is 3.11. The molecule has 0 spiro atoms. The summed E-state index contributed by atoms with van der Waals surface area (Å²) in [6.45, 7) is 6.56. The molecule has 2 aliphatic rings. The predicted octanol–water partition coefficient (Wildman–Crippen LogP) is 2.66. The SMILES string of the molecule is CC(C1CCN(C(=O)Cc2ccccc2O)CC1)N1CCCC1. The van der Waals surface area contributed by atoms with E-state index in [1.807, 2.05) is 17.0 Å². The maximum atomic E-state index is 12.5. The number of amides is 1. The number of para-hydroxylation sites is 1. The van der Waals surface area contributed by atoms with E-state index in [2.05, 4.69) is 11.8 Å². The van der Waals surface area contributed by atoms with Crippen LogP contribution < -0.4 is 0 Å². The van der Waals surface area contributed by atoms with Gasteiger partial charge in [0.15, 0.2) is 0 Å². The summed E-state index contributed by atoms with van der Waals surface area (Å²) in [5, 5.41) is 9.82. The molecule has 0 aromatic heterocycles. The van der Waals surface area contributed by atoms with Crippen molar-refractivity contribution in [2.24, 2.45) is 5.92 Å². The van der Waals surface area contributed by atoms with Crippen LogP contribution >= 0.6 is 0 Å². The smallest absolute Gasteiger partial charge is 0.227 e. The van der Waals surface area contributed by atoms with E-state index < -0.39 is 0 Å². The molecule has 23 heavy (non-hydrogen) atoms. The van der Waals surface area contributed by atoms with Crippen LogP contribution in [0, 0.1) is 5.92 Å². The van der Waals surface area contributed by atoms with Crippen LogP contribution in [0.4, 0.5) is 0 Å². The van der Waals surface area contributed by atoms with Crippen LogP contribution in [0.15, 0.2) is 24.3 Å². The number of phenols is 1. The van der Waals surface area contributed by atoms with Gasteiger partial charge < -0.3 is 14.9 Å². The van der Waals surface area contributed by atoms with Crippen LogP contribution in [0.2, 0.25) is 0 Å². The summed E-state index contributed by atoms with van der Waals surface area (Å²) in [4.78, 5) is 17.0. The van der Waals surface area contributed by atoms with E-state index in [1.54, 1.807) is 12.1 Å². The minimum atomic E-state index is 0.138. The number of likely N-dealkylation sites (tertiary alicyclic amines) is 2. The molecule has 126 valence electrons. The van der Waals surface area contributed by atoms with Gasteiger partial charge in [0.1, 0.15) is 5.75 Å². The fourth-order valence-electron chi connectivity index (χ4n) is 4.01. The zero-order valence-corrected chi connectivity index (χ0v) is 14.1. The molecule has 1 N–H and O–H groups in total. The largest absolute Gasteiger partial charge is 0.508 e. The van der Waals surface area contributed by atoms with E-state index in [4.69, 9.17) is 0 Å².